The summed E-state index contributed by atoms with van der Waals surface area (Å²) in [5.41, 5.74) is 3.55. The first kappa shape index (κ1) is 29.2. The van der Waals surface area contributed by atoms with E-state index in [1.165, 1.54) is 17.0 Å². The van der Waals surface area contributed by atoms with E-state index in [1.54, 1.807) is 38.4 Å². The fourth-order valence-electron chi connectivity index (χ4n) is 4.59. The van der Waals surface area contributed by atoms with Gasteiger partial charge < -0.3 is 14.4 Å². The van der Waals surface area contributed by atoms with Crippen LogP contribution in [0.5, 0.6) is 5.75 Å². The van der Waals surface area contributed by atoms with Crippen LogP contribution in [0.2, 0.25) is 0 Å². The molecule has 0 aliphatic carbocycles. The highest BCUT2D eigenvalue weighted by molar-refractivity contribution is 7.89. The molecule has 3 N–H and O–H groups in total. The van der Waals surface area contributed by atoms with Crippen molar-refractivity contribution in [2.45, 2.75) is 57.3 Å². The Morgan fingerprint density at radius 2 is 1.82 bits per heavy atom. The van der Waals surface area contributed by atoms with Crippen molar-refractivity contribution in [3.05, 3.63) is 65.9 Å². The molecule has 2 amide bonds. The molecule has 12 heteroatoms. The molecule has 0 saturated carbocycles. The van der Waals surface area contributed by atoms with Crippen molar-refractivity contribution >= 4 is 32.9 Å². The van der Waals surface area contributed by atoms with E-state index in [0.29, 0.717) is 5.75 Å². The first-order valence-corrected chi connectivity index (χ1v) is 14.4. The number of nitrogens with zero attached hydrogens (tertiary/aromatic N) is 2. The molecule has 4 rings (SSSR count). The summed E-state index contributed by atoms with van der Waals surface area (Å²) in [5, 5.41) is 10.2. The predicted molar refractivity (Wildman–Crippen MR) is 147 cm³/mol. The van der Waals surface area contributed by atoms with E-state index in [4.69, 9.17) is 9.47 Å². The molecule has 2 atom stereocenters. The lowest BCUT2D eigenvalue weighted by molar-refractivity contribution is -0.135. The number of carbonyl (C=O) groups excluding carboxylic acids is 2. The molecular weight excluding hydrogens is 536 g/mol. The molecule has 0 radical (unpaired) electrons. The first-order valence-electron chi connectivity index (χ1n) is 12.9. The largest absolute Gasteiger partial charge is 0.489 e. The highest BCUT2D eigenvalue weighted by Crippen LogP contribution is 2.25. The standard InChI is InChI=1S/C28H34N4O7S/c1-18-15-19(22-7-5-6-8-24(22)29-18)17-38-20-9-11-21(12-10-20)40(36,37)31-25-13-14-32(16-23(25)26(33)30-35)27(34)39-28(2,3)4/h5-12,15,23,25,31,35H,13-14,16-17H2,1-4H3,(H,30,33)/t23?,25-/m1/s1. The Bertz CT molecular complexity index is 1490. The van der Waals surface area contributed by atoms with Crippen LogP contribution in [0.3, 0.4) is 0 Å². The van der Waals surface area contributed by atoms with Gasteiger partial charge in [-0.25, -0.2) is 23.4 Å². The molecule has 11 nitrogen and oxygen atoms in total. The van der Waals surface area contributed by atoms with Crippen molar-refractivity contribution in [1.29, 1.82) is 0 Å². The van der Waals surface area contributed by atoms with Crippen LogP contribution >= 0.6 is 0 Å². The number of sulfonamides is 1. The number of rotatable bonds is 7. The molecule has 2 heterocycles. The van der Waals surface area contributed by atoms with Crippen molar-refractivity contribution in [2.24, 2.45) is 5.92 Å². The molecule has 1 unspecified atom stereocenters. The van der Waals surface area contributed by atoms with E-state index in [9.17, 15) is 23.2 Å². The molecule has 1 aromatic heterocycles. The van der Waals surface area contributed by atoms with Gasteiger partial charge in [0.05, 0.1) is 16.3 Å². The number of amides is 2. The van der Waals surface area contributed by atoms with Gasteiger partial charge in [-0.1, -0.05) is 18.2 Å². The zero-order valence-corrected chi connectivity index (χ0v) is 23.7. The molecular formula is C28H34N4O7S. The number of ether oxygens (including phenoxy) is 2. The van der Waals surface area contributed by atoms with Crippen LogP contribution in [0.1, 0.15) is 38.4 Å². The Morgan fingerprint density at radius 1 is 1.12 bits per heavy atom. The molecule has 214 valence electrons. The van der Waals surface area contributed by atoms with Gasteiger partial charge in [-0.05, 0) is 70.5 Å². The number of pyridine rings is 1. The van der Waals surface area contributed by atoms with Crippen molar-refractivity contribution in [1.82, 2.24) is 20.1 Å². The molecule has 1 aliphatic rings. The van der Waals surface area contributed by atoms with Gasteiger partial charge in [-0.3, -0.25) is 15.0 Å². The summed E-state index contributed by atoms with van der Waals surface area (Å²) in [6.07, 6.45) is -0.466. The maximum Gasteiger partial charge on any atom is 0.410 e. The molecule has 0 bridgehead atoms. The van der Waals surface area contributed by atoms with Crippen LogP contribution in [0.25, 0.3) is 10.9 Å². The van der Waals surface area contributed by atoms with E-state index in [1.807, 2.05) is 37.3 Å². The first-order chi connectivity index (χ1) is 18.9. The number of aryl methyl sites for hydroxylation is 1. The number of benzene rings is 2. The molecule has 1 aliphatic heterocycles. The van der Waals surface area contributed by atoms with Gasteiger partial charge >= 0.3 is 6.09 Å². The van der Waals surface area contributed by atoms with Crippen LogP contribution in [0.4, 0.5) is 4.79 Å². The lowest BCUT2D eigenvalue weighted by Gasteiger charge is -2.38. The lowest BCUT2D eigenvalue weighted by Crippen LogP contribution is -2.57. The van der Waals surface area contributed by atoms with E-state index in [-0.39, 0.29) is 31.0 Å². The normalized spacial score (nSPS) is 17.9. The van der Waals surface area contributed by atoms with Crippen molar-refractivity contribution in [3.8, 4) is 5.75 Å². The molecule has 1 saturated heterocycles. The van der Waals surface area contributed by atoms with Gasteiger partial charge in [0.15, 0.2) is 0 Å². The summed E-state index contributed by atoms with van der Waals surface area (Å²) in [6.45, 7) is 7.42. The third-order valence-corrected chi connectivity index (χ3v) is 7.98. The lowest BCUT2D eigenvalue weighted by atomic mass is 9.92. The van der Waals surface area contributed by atoms with Crippen molar-refractivity contribution in [3.63, 3.8) is 0 Å². The number of nitrogens with one attached hydrogen (secondary N) is 2. The maximum absolute atomic E-state index is 13.2. The van der Waals surface area contributed by atoms with Crippen LogP contribution in [-0.2, 0) is 26.2 Å². The van der Waals surface area contributed by atoms with Gasteiger partial charge in [-0.15, -0.1) is 0 Å². The summed E-state index contributed by atoms with van der Waals surface area (Å²) in [4.78, 5) is 30.7. The number of aromatic nitrogens is 1. The number of fused-ring (bicyclic) bond motifs is 1. The fraction of sp³-hybridized carbons (Fsp3) is 0.393. The Balaban J connectivity index is 1.43. The zero-order chi connectivity index (χ0) is 29.1. The Hall–Kier alpha value is -3.74. The van der Waals surface area contributed by atoms with Crippen molar-refractivity contribution < 1.29 is 32.7 Å². The second kappa shape index (κ2) is 11.8. The second-order valence-corrected chi connectivity index (χ2v) is 12.4. The third kappa shape index (κ3) is 7.06. The SMILES string of the molecule is Cc1cc(COc2ccc(S(=O)(=O)N[C@@H]3CCN(C(=O)OC(C)(C)C)CC3C(=O)NO)cc2)c2ccccc2n1. The van der Waals surface area contributed by atoms with E-state index in [0.717, 1.165) is 22.2 Å². The zero-order valence-electron chi connectivity index (χ0n) is 22.9. The third-order valence-electron chi connectivity index (χ3n) is 6.48. The Labute approximate surface area is 233 Å². The molecule has 0 spiro atoms. The van der Waals surface area contributed by atoms with E-state index < -0.39 is 39.6 Å². The summed E-state index contributed by atoms with van der Waals surface area (Å²) in [6, 6.07) is 14.9. The Kier molecular flexibility index (Phi) is 8.62. The minimum Gasteiger partial charge on any atom is -0.489 e. The highest BCUT2D eigenvalue weighted by atomic mass is 32.2. The molecule has 40 heavy (non-hydrogen) atoms. The monoisotopic (exact) mass is 570 g/mol. The number of para-hydroxylation sites is 1. The average molecular weight is 571 g/mol. The van der Waals surface area contributed by atoms with Gasteiger partial charge in [0.25, 0.3) is 0 Å². The quantitative estimate of drug-likeness (QED) is 0.289. The van der Waals surface area contributed by atoms with Crippen LogP contribution in [0.15, 0.2) is 59.5 Å². The van der Waals surface area contributed by atoms with Crippen molar-refractivity contribution in [2.75, 3.05) is 13.1 Å². The smallest absolute Gasteiger partial charge is 0.410 e. The number of piperidine rings is 1. The number of hydrogen-bond acceptors (Lipinski definition) is 8. The summed E-state index contributed by atoms with van der Waals surface area (Å²) in [5.74, 6) is -1.34. The fourth-order valence-corrected chi connectivity index (χ4v) is 5.90. The summed E-state index contributed by atoms with van der Waals surface area (Å²) < 4.78 is 40.2. The van der Waals surface area contributed by atoms with Crippen LogP contribution in [-0.4, -0.2) is 60.2 Å². The summed E-state index contributed by atoms with van der Waals surface area (Å²) in [7, 11) is -4.03. The topological polar surface area (TPSA) is 147 Å². The highest BCUT2D eigenvalue weighted by Gasteiger charge is 2.39. The maximum atomic E-state index is 13.2. The van der Waals surface area contributed by atoms with E-state index >= 15 is 0 Å². The average Bonchev–Trinajstić information content (AvgIpc) is 2.90. The van der Waals surface area contributed by atoms with Gasteiger partial charge in [-0.2, -0.15) is 0 Å². The number of likely N-dealkylation sites (tertiary alicyclic amines) is 1. The second-order valence-electron chi connectivity index (χ2n) is 10.7. The molecule has 3 aromatic rings. The molecule has 2 aromatic carbocycles. The Morgan fingerprint density at radius 3 is 2.50 bits per heavy atom. The van der Waals surface area contributed by atoms with E-state index in [2.05, 4.69) is 9.71 Å². The van der Waals surface area contributed by atoms with Gasteiger partial charge in [0.1, 0.15) is 18.0 Å². The minimum atomic E-state index is -4.03. The number of carbonyl (C=O) groups is 2. The number of hydroxylamine groups is 1. The minimum absolute atomic E-state index is 0.0113. The van der Waals surface area contributed by atoms with Crippen LogP contribution < -0.4 is 14.9 Å². The predicted octanol–water partition coefficient (Wildman–Crippen LogP) is 3.53. The van der Waals surface area contributed by atoms with Gasteiger partial charge in [0.2, 0.25) is 15.9 Å². The van der Waals surface area contributed by atoms with Gasteiger partial charge in [0, 0.05) is 35.8 Å². The summed E-state index contributed by atoms with van der Waals surface area (Å²) >= 11 is 0. The number of hydrogen-bond donors (Lipinski definition) is 3. The molecule has 1 fully saturated rings. The van der Waals surface area contributed by atoms with Crippen LogP contribution in [0, 0.1) is 12.8 Å².